The van der Waals surface area contributed by atoms with E-state index >= 15 is 0 Å². The van der Waals surface area contributed by atoms with Gasteiger partial charge in [-0.1, -0.05) is 24.4 Å². The predicted molar refractivity (Wildman–Crippen MR) is 60.2 cm³/mol. The molecule has 0 aromatic carbocycles. The first-order valence-corrected chi connectivity index (χ1v) is 6.00. The van der Waals surface area contributed by atoms with E-state index in [0.29, 0.717) is 11.5 Å². The summed E-state index contributed by atoms with van der Waals surface area (Å²) in [6, 6.07) is 1.71. The molecule has 0 radical (unpaired) electrons. The van der Waals surface area contributed by atoms with Crippen molar-refractivity contribution in [3.63, 3.8) is 0 Å². The first-order chi connectivity index (χ1) is 7.77. The smallest absolute Gasteiger partial charge is 0.276 e. The van der Waals surface area contributed by atoms with E-state index in [0.717, 1.165) is 25.9 Å². The van der Waals surface area contributed by atoms with Gasteiger partial charge >= 0.3 is 0 Å². The van der Waals surface area contributed by atoms with Crippen molar-refractivity contribution < 1.29 is 9.32 Å². The zero-order valence-electron chi connectivity index (χ0n) is 9.74. The van der Waals surface area contributed by atoms with E-state index in [1.807, 2.05) is 4.90 Å². The molecule has 1 aliphatic rings. The fraction of sp³-hybridized carbons (Fsp3) is 0.667. The Labute approximate surface area is 95.6 Å². The van der Waals surface area contributed by atoms with Gasteiger partial charge in [-0.2, -0.15) is 0 Å². The molecule has 1 saturated heterocycles. The molecular formula is C12H18N2O2. The average molecular weight is 222 g/mol. The van der Waals surface area contributed by atoms with Gasteiger partial charge in [0.2, 0.25) is 0 Å². The van der Waals surface area contributed by atoms with Crippen molar-refractivity contribution in [2.45, 2.75) is 39.0 Å². The molecular weight excluding hydrogens is 204 g/mol. The van der Waals surface area contributed by atoms with Crippen LogP contribution in [0.2, 0.25) is 0 Å². The number of rotatable bonds is 1. The fourth-order valence-corrected chi connectivity index (χ4v) is 2.08. The summed E-state index contributed by atoms with van der Waals surface area (Å²) in [6.07, 6.45) is 5.94. The molecule has 0 atom stereocenters. The quantitative estimate of drug-likeness (QED) is 0.733. The van der Waals surface area contributed by atoms with E-state index in [9.17, 15) is 4.79 Å². The number of hydrogen-bond acceptors (Lipinski definition) is 3. The highest BCUT2D eigenvalue weighted by Crippen LogP contribution is 2.13. The highest BCUT2D eigenvalue weighted by Gasteiger charge is 2.19. The van der Waals surface area contributed by atoms with Crippen LogP contribution in [-0.2, 0) is 0 Å². The largest absolute Gasteiger partial charge is 0.361 e. The van der Waals surface area contributed by atoms with Gasteiger partial charge in [0.25, 0.3) is 5.91 Å². The van der Waals surface area contributed by atoms with Crippen LogP contribution in [0.4, 0.5) is 0 Å². The number of likely N-dealkylation sites (tertiary alicyclic amines) is 1. The van der Waals surface area contributed by atoms with Gasteiger partial charge in [-0.25, -0.2) is 0 Å². The molecule has 4 heteroatoms. The van der Waals surface area contributed by atoms with Crippen LogP contribution >= 0.6 is 0 Å². The molecule has 2 heterocycles. The van der Waals surface area contributed by atoms with Gasteiger partial charge in [0.1, 0.15) is 5.76 Å². The summed E-state index contributed by atoms with van der Waals surface area (Å²) in [5, 5.41) is 3.78. The van der Waals surface area contributed by atoms with Crippen molar-refractivity contribution in [1.82, 2.24) is 10.1 Å². The maximum atomic E-state index is 12.1. The van der Waals surface area contributed by atoms with E-state index in [-0.39, 0.29) is 5.91 Å². The first kappa shape index (κ1) is 11.2. The van der Waals surface area contributed by atoms with Crippen molar-refractivity contribution in [2.24, 2.45) is 0 Å². The van der Waals surface area contributed by atoms with Crippen LogP contribution in [0.15, 0.2) is 10.6 Å². The number of carbonyl (C=O) groups excluding carboxylic acids is 1. The summed E-state index contributed by atoms with van der Waals surface area (Å²) < 4.78 is 4.93. The van der Waals surface area contributed by atoms with E-state index in [1.54, 1.807) is 13.0 Å². The second kappa shape index (κ2) is 5.14. The number of carbonyl (C=O) groups is 1. The molecule has 0 N–H and O–H groups in total. The molecule has 1 aromatic heterocycles. The maximum absolute atomic E-state index is 12.1. The number of amides is 1. The Bertz CT molecular complexity index is 352. The van der Waals surface area contributed by atoms with Crippen molar-refractivity contribution in [2.75, 3.05) is 13.1 Å². The SMILES string of the molecule is Cc1cc(C(=O)N2CCCCCCC2)no1. The van der Waals surface area contributed by atoms with Crippen LogP contribution in [0.3, 0.4) is 0 Å². The van der Waals surface area contributed by atoms with Crippen molar-refractivity contribution in [3.8, 4) is 0 Å². The first-order valence-electron chi connectivity index (χ1n) is 6.00. The van der Waals surface area contributed by atoms with Gasteiger partial charge in [0, 0.05) is 19.2 Å². The van der Waals surface area contributed by atoms with E-state index < -0.39 is 0 Å². The molecule has 0 spiro atoms. The third kappa shape index (κ3) is 2.62. The van der Waals surface area contributed by atoms with Crippen molar-refractivity contribution in [3.05, 3.63) is 17.5 Å². The highest BCUT2D eigenvalue weighted by molar-refractivity contribution is 5.92. The Morgan fingerprint density at radius 3 is 2.44 bits per heavy atom. The van der Waals surface area contributed by atoms with Crippen LogP contribution in [-0.4, -0.2) is 29.1 Å². The highest BCUT2D eigenvalue weighted by atomic mass is 16.5. The Hall–Kier alpha value is -1.32. The lowest BCUT2D eigenvalue weighted by Gasteiger charge is -2.23. The Morgan fingerprint density at radius 1 is 1.25 bits per heavy atom. The van der Waals surface area contributed by atoms with Gasteiger partial charge in [0.15, 0.2) is 5.69 Å². The summed E-state index contributed by atoms with van der Waals surface area (Å²) in [6.45, 7) is 3.51. The molecule has 0 bridgehead atoms. The number of aromatic nitrogens is 1. The summed E-state index contributed by atoms with van der Waals surface area (Å²) >= 11 is 0. The van der Waals surface area contributed by atoms with Gasteiger partial charge in [-0.15, -0.1) is 0 Å². The summed E-state index contributed by atoms with van der Waals surface area (Å²) in [5.41, 5.74) is 0.443. The fourth-order valence-electron chi connectivity index (χ4n) is 2.08. The summed E-state index contributed by atoms with van der Waals surface area (Å²) in [4.78, 5) is 14.0. The predicted octanol–water partition coefficient (Wildman–Crippen LogP) is 2.39. The average Bonchev–Trinajstić information content (AvgIpc) is 2.63. The third-order valence-electron chi connectivity index (χ3n) is 2.99. The Balaban J connectivity index is 2.01. The van der Waals surface area contributed by atoms with E-state index in [2.05, 4.69) is 5.16 Å². The van der Waals surface area contributed by atoms with Gasteiger partial charge < -0.3 is 9.42 Å². The lowest BCUT2D eigenvalue weighted by atomic mass is 10.1. The second-order valence-corrected chi connectivity index (χ2v) is 4.38. The van der Waals surface area contributed by atoms with Gasteiger partial charge in [-0.05, 0) is 19.8 Å². The molecule has 4 nitrogen and oxygen atoms in total. The zero-order valence-corrected chi connectivity index (χ0v) is 9.74. The molecule has 88 valence electrons. The van der Waals surface area contributed by atoms with Crippen molar-refractivity contribution in [1.29, 1.82) is 0 Å². The van der Waals surface area contributed by atoms with E-state index in [1.165, 1.54) is 19.3 Å². The van der Waals surface area contributed by atoms with Gasteiger partial charge in [0.05, 0.1) is 0 Å². The molecule has 0 unspecified atom stereocenters. The molecule has 1 aliphatic heterocycles. The second-order valence-electron chi connectivity index (χ2n) is 4.38. The van der Waals surface area contributed by atoms with E-state index in [4.69, 9.17) is 4.52 Å². The van der Waals surface area contributed by atoms with Crippen LogP contribution < -0.4 is 0 Å². The topological polar surface area (TPSA) is 46.3 Å². The molecule has 1 fully saturated rings. The van der Waals surface area contributed by atoms with Gasteiger partial charge in [-0.3, -0.25) is 4.79 Å². The van der Waals surface area contributed by atoms with Crippen molar-refractivity contribution >= 4 is 5.91 Å². The van der Waals surface area contributed by atoms with Crippen LogP contribution in [0, 0.1) is 6.92 Å². The number of nitrogens with zero attached hydrogens (tertiary/aromatic N) is 2. The number of hydrogen-bond donors (Lipinski definition) is 0. The normalized spacial score (nSPS) is 17.9. The molecule has 16 heavy (non-hydrogen) atoms. The van der Waals surface area contributed by atoms with Crippen LogP contribution in [0.5, 0.6) is 0 Å². The molecule has 1 aromatic rings. The molecule has 2 rings (SSSR count). The third-order valence-corrected chi connectivity index (χ3v) is 2.99. The number of aryl methyl sites for hydroxylation is 1. The molecule has 1 amide bonds. The van der Waals surface area contributed by atoms with Crippen LogP contribution in [0.25, 0.3) is 0 Å². The van der Waals surface area contributed by atoms with Crippen LogP contribution in [0.1, 0.15) is 48.4 Å². The maximum Gasteiger partial charge on any atom is 0.276 e. The minimum atomic E-state index is 0.0127. The monoisotopic (exact) mass is 222 g/mol. The molecule has 0 aliphatic carbocycles. The Morgan fingerprint density at radius 2 is 1.88 bits per heavy atom. The standard InChI is InChI=1S/C12H18N2O2/c1-10-9-11(13-16-10)12(15)14-7-5-3-2-4-6-8-14/h9H,2-8H2,1H3. The minimum absolute atomic E-state index is 0.0127. The zero-order chi connectivity index (χ0) is 11.4. The summed E-state index contributed by atoms with van der Waals surface area (Å²) in [5.74, 6) is 0.703. The Kier molecular flexibility index (Phi) is 3.59. The minimum Gasteiger partial charge on any atom is -0.361 e. The lowest BCUT2D eigenvalue weighted by Crippen LogP contribution is -2.33. The lowest BCUT2D eigenvalue weighted by molar-refractivity contribution is 0.0732. The molecule has 0 saturated carbocycles. The summed E-state index contributed by atoms with van der Waals surface area (Å²) in [7, 11) is 0.